The third-order valence-corrected chi connectivity index (χ3v) is 5.85. The van der Waals surface area contributed by atoms with Gasteiger partial charge in [-0.1, -0.05) is 12.1 Å². The van der Waals surface area contributed by atoms with Gasteiger partial charge in [0.1, 0.15) is 0 Å². The van der Waals surface area contributed by atoms with Gasteiger partial charge in [-0.05, 0) is 58.5 Å². The zero-order valence-corrected chi connectivity index (χ0v) is 19.4. The van der Waals surface area contributed by atoms with E-state index in [4.69, 9.17) is 23.4 Å². The normalized spacial score (nSPS) is 10.9. The number of hydrogen-bond donors (Lipinski definition) is 0. The number of nitrogens with zero attached hydrogens (tertiary/aromatic N) is 1. The number of rotatable bonds is 8. The van der Waals surface area contributed by atoms with Crippen LogP contribution in [-0.2, 0) is 6.42 Å². The molecule has 0 aliphatic heterocycles. The van der Waals surface area contributed by atoms with Crippen molar-refractivity contribution >= 4 is 27.5 Å². The zero-order valence-electron chi connectivity index (χ0n) is 19.4. The Morgan fingerprint density at radius 2 is 1.61 bits per heavy atom. The van der Waals surface area contributed by atoms with Crippen molar-refractivity contribution < 1.29 is 28.2 Å². The van der Waals surface area contributed by atoms with E-state index in [0.717, 1.165) is 27.1 Å². The molecule has 7 heteroatoms. The van der Waals surface area contributed by atoms with Crippen molar-refractivity contribution in [1.29, 1.82) is 0 Å². The summed E-state index contributed by atoms with van der Waals surface area (Å²) in [6, 6.07) is 13.4. The maximum atomic E-state index is 12.6. The Labute approximate surface area is 192 Å². The molecule has 0 radical (unpaired) electrons. The highest BCUT2D eigenvalue weighted by Gasteiger charge is 2.20. The van der Waals surface area contributed by atoms with Gasteiger partial charge in [-0.2, -0.15) is 0 Å². The molecule has 1 amide bonds. The molecule has 0 aliphatic rings. The van der Waals surface area contributed by atoms with Crippen molar-refractivity contribution in [2.45, 2.75) is 6.42 Å². The number of carbonyl (C=O) groups excluding carboxylic acids is 1. The van der Waals surface area contributed by atoms with Crippen LogP contribution in [0.4, 0.5) is 0 Å². The lowest BCUT2D eigenvalue weighted by Gasteiger charge is -2.20. The highest BCUT2D eigenvalue weighted by molar-refractivity contribution is 6.13. The van der Waals surface area contributed by atoms with E-state index in [1.165, 1.54) is 6.26 Å². The summed E-state index contributed by atoms with van der Waals surface area (Å²) >= 11 is 0. The largest absolute Gasteiger partial charge is 0.493 e. The molecule has 0 atom stereocenters. The number of hydrogen-bond acceptors (Lipinski definition) is 6. The topological polar surface area (TPSA) is 70.4 Å². The first kappa shape index (κ1) is 22.3. The Morgan fingerprint density at radius 3 is 2.24 bits per heavy atom. The molecule has 0 aliphatic carbocycles. The van der Waals surface area contributed by atoms with Crippen LogP contribution >= 0.6 is 0 Å². The predicted molar refractivity (Wildman–Crippen MR) is 127 cm³/mol. The van der Waals surface area contributed by atoms with Gasteiger partial charge < -0.3 is 28.3 Å². The molecule has 0 N–H and O–H groups in total. The van der Waals surface area contributed by atoms with Gasteiger partial charge in [0.15, 0.2) is 28.8 Å². The van der Waals surface area contributed by atoms with Crippen molar-refractivity contribution in [2.75, 3.05) is 42.0 Å². The second kappa shape index (κ2) is 9.32. The van der Waals surface area contributed by atoms with Gasteiger partial charge in [-0.3, -0.25) is 4.79 Å². The molecule has 0 unspecified atom stereocenters. The average Bonchev–Trinajstić information content (AvgIpc) is 3.39. The van der Waals surface area contributed by atoms with Crippen LogP contribution < -0.4 is 18.9 Å². The fourth-order valence-corrected chi connectivity index (χ4v) is 4.13. The van der Waals surface area contributed by atoms with Gasteiger partial charge in [-0.25, -0.2) is 0 Å². The lowest BCUT2D eigenvalue weighted by molar-refractivity contribution is 0.0765. The Hall–Kier alpha value is -3.87. The monoisotopic (exact) mass is 449 g/mol. The van der Waals surface area contributed by atoms with E-state index in [9.17, 15) is 4.79 Å². The van der Waals surface area contributed by atoms with E-state index >= 15 is 0 Å². The molecule has 0 fully saturated rings. The SMILES string of the molecule is COc1cc2ccc3c(CCN(C)C(=O)c4ccco4)cc(OC)c(OC)c3c2cc1OC. The lowest BCUT2D eigenvalue weighted by Crippen LogP contribution is -2.28. The number of methoxy groups -OCH3 is 4. The lowest BCUT2D eigenvalue weighted by atomic mass is 9.95. The highest BCUT2D eigenvalue weighted by atomic mass is 16.5. The van der Waals surface area contributed by atoms with E-state index in [0.29, 0.717) is 41.7 Å². The van der Waals surface area contributed by atoms with Gasteiger partial charge in [-0.15, -0.1) is 0 Å². The van der Waals surface area contributed by atoms with Crippen molar-refractivity contribution in [3.8, 4) is 23.0 Å². The molecule has 4 rings (SSSR count). The van der Waals surface area contributed by atoms with E-state index < -0.39 is 0 Å². The van der Waals surface area contributed by atoms with Gasteiger partial charge in [0, 0.05) is 19.0 Å². The molecule has 1 heterocycles. The summed E-state index contributed by atoms with van der Waals surface area (Å²) in [5.74, 6) is 2.72. The summed E-state index contributed by atoms with van der Waals surface area (Å²) in [4.78, 5) is 14.2. The Kier molecular flexibility index (Phi) is 6.31. The van der Waals surface area contributed by atoms with Crippen molar-refractivity contribution in [3.63, 3.8) is 0 Å². The molecular weight excluding hydrogens is 422 g/mol. The Balaban J connectivity index is 1.83. The molecule has 3 aromatic carbocycles. The summed E-state index contributed by atoms with van der Waals surface area (Å²) in [5.41, 5.74) is 1.04. The van der Waals surface area contributed by atoms with Crippen molar-refractivity contribution in [1.82, 2.24) is 4.90 Å². The van der Waals surface area contributed by atoms with E-state index in [-0.39, 0.29) is 5.91 Å². The number of carbonyl (C=O) groups is 1. The third-order valence-electron chi connectivity index (χ3n) is 5.85. The molecular formula is C26H27NO6. The summed E-state index contributed by atoms with van der Waals surface area (Å²) < 4.78 is 27.7. The molecule has 0 saturated carbocycles. The smallest absolute Gasteiger partial charge is 0.289 e. The van der Waals surface area contributed by atoms with Crippen LogP contribution in [-0.4, -0.2) is 52.8 Å². The summed E-state index contributed by atoms with van der Waals surface area (Å²) in [5, 5.41) is 3.89. The fraction of sp³-hybridized carbons (Fsp3) is 0.269. The van der Waals surface area contributed by atoms with Crippen molar-refractivity contribution in [2.24, 2.45) is 0 Å². The Bertz CT molecular complexity index is 1300. The zero-order chi connectivity index (χ0) is 23.5. The maximum absolute atomic E-state index is 12.6. The van der Waals surface area contributed by atoms with Crippen LogP contribution in [0.15, 0.2) is 53.1 Å². The minimum absolute atomic E-state index is 0.160. The molecule has 33 heavy (non-hydrogen) atoms. The van der Waals surface area contributed by atoms with Gasteiger partial charge in [0.2, 0.25) is 0 Å². The fourth-order valence-electron chi connectivity index (χ4n) is 4.13. The van der Waals surface area contributed by atoms with Crippen LogP contribution in [0, 0.1) is 0 Å². The Morgan fingerprint density at radius 1 is 0.879 bits per heavy atom. The van der Waals surface area contributed by atoms with Crippen molar-refractivity contribution in [3.05, 3.63) is 60.1 Å². The third kappa shape index (κ3) is 4.02. The van der Waals surface area contributed by atoms with E-state index in [2.05, 4.69) is 6.07 Å². The van der Waals surface area contributed by atoms with Crippen LogP contribution in [0.25, 0.3) is 21.5 Å². The van der Waals surface area contributed by atoms with Crippen LogP contribution in [0.2, 0.25) is 0 Å². The molecule has 1 aromatic heterocycles. The van der Waals surface area contributed by atoms with Gasteiger partial charge >= 0.3 is 0 Å². The molecule has 7 nitrogen and oxygen atoms in total. The van der Waals surface area contributed by atoms with Gasteiger partial charge in [0.05, 0.1) is 34.7 Å². The minimum atomic E-state index is -0.160. The van der Waals surface area contributed by atoms with Crippen LogP contribution in [0.1, 0.15) is 16.1 Å². The second-order valence-corrected chi connectivity index (χ2v) is 7.64. The maximum Gasteiger partial charge on any atom is 0.289 e. The molecule has 172 valence electrons. The summed E-state index contributed by atoms with van der Waals surface area (Å²) in [6.45, 7) is 0.508. The molecule has 0 spiro atoms. The number of furan rings is 1. The average molecular weight is 450 g/mol. The number of amides is 1. The molecule has 0 saturated heterocycles. The number of benzene rings is 3. The number of fused-ring (bicyclic) bond motifs is 3. The van der Waals surface area contributed by atoms with E-state index in [1.807, 2.05) is 24.3 Å². The van der Waals surface area contributed by atoms with Crippen LogP contribution in [0.3, 0.4) is 0 Å². The predicted octanol–water partition coefficient (Wildman–Crippen LogP) is 4.94. The summed E-state index contributed by atoms with van der Waals surface area (Å²) in [7, 11) is 8.25. The second-order valence-electron chi connectivity index (χ2n) is 7.64. The first-order valence-corrected chi connectivity index (χ1v) is 10.5. The minimum Gasteiger partial charge on any atom is -0.493 e. The van der Waals surface area contributed by atoms with Crippen LogP contribution in [0.5, 0.6) is 23.0 Å². The van der Waals surface area contributed by atoms with E-state index in [1.54, 1.807) is 52.5 Å². The molecule has 0 bridgehead atoms. The number of likely N-dealkylation sites (N-methyl/N-ethyl adjacent to an activating group) is 1. The first-order chi connectivity index (χ1) is 16.0. The number of ether oxygens (including phenoxy) is 4. The standard InChI is InChI=1S/C26H27NO6/c1-27(26(28)20-7-6-12-33-20)11-10-17-14-23(31-4)25(32-5)24-18(17)9-8-16-13-21(29-2)22(30-3)15-19(16)24/h6-9,12-15H,10-11H2,1-5H3. The summed E-state index contributed by atoms with van der Waals surface area (Å²) in [6.07, 6.45) is 2.12. The highest BCUT2D eigenvalue weighted by Crippen LogP contribution is 2.44. The quantitative estimate of drug-likeness (QED) is 0.355. The van der Waals surface area contributed by atoms with Gasteiger partial charge in [0.25, 0.3) is 5.91 Å². The molecule has 4 aromatic rings. The first-order valence-electron chi connectivity index (χ1n) is 10.5.